The Morgan fingerprint density at radius 1 is 1.33 bits per heavy atom. The van der Waals surface area contributed by atoms with Gasteiger partial charge in [-0.2, -0.15) is 0 Å². The van der Waals surface area contributed by atoms with Crippen molar-refractivity contribution in [3.63, 3.8) is 0 Å². The lowest BCUT2D eigenvalue weighted by molar-refractivity contribution is -0.148. The number of nitrogens with zero attached hydrogens (tertiary/aromatic N) is 1. The minimum atomic E-state index is -0.857. The van der Waals surface area contributed by atoms with Crippen molar-refractivity contribution >= 4 is 5.97 Å². The molecule has 1 N–H and O–H groups in total. The second-order valence-corrected chi connectivity index (χ2v) is 3.89. The molecule has 0 spiro atoms. The van der Waals surface area contributed by atoms with E-state index in [0.29, 0.717) is 26.4 Å². The van der Waals surface area contributed by atoms with E-state index in [2.05, 4.69) is 0 Å². The standard InChI is InChI=1S/C10H21NO4/c1-10(2,9(12)13)11(3)5-6-15-8-7-14-4/h5-8H2,1-4H3,(H,12,13). The lowest BCUT2D eigenvalue weighted by Gasteiger charge is -2.31. The number of hydrogen-bond donors (Lipinski definition) is 1. The number of aliphatic carboxylic acids is 1. The number of likely N-dealkylation sites (N-methyl/N-ethyl adjacent to an activating group) is 1. The third-order valence-electron chi connectivity index (χ3n) is 2.48. The van der Waals surface area contributed by atoms with E-state index in [1.165, 1.54) is 0 Å². The van der Waals surface area contributed by atoms with Crippen LogP contribution in [0, 0.1) is 0 Å². The third kappa shape index (κ3) is 5.11. The molecule has 15 heavy (non-hydrogen) atoms. The number of carbonyl (C=O) groups is 1. The first-order valence-corrected chi connectivity index (χ1v) is 4.94. The Labute approximate surface area is 91.0 Å². The van der Waals surface area contributed by atoms with Gasteiger partial charge in [0, 0.05) is 13.7 Å². The van der Waals surface area contributed by atoms with Crippen molar-refractivity contribution in [1.29, 1.82) is 0 Å². The summed E-state index contributed by atoms with van der Waals surface area (Å²) in [6.07, 6.45) is 0. The van der Waals surface area contributed by atoms with Crippen LogP contribution in [0.4, 0.5) is 0 Å². The lowest BCUT2D eigenvalue weighted by atomic mass is 10.0. The monoisotopic (exact) mass is 219 g/mol. The van der Waals surface area contributed by atoms with Gasteiger partial charge in [0.05, 0.1) is 19.8 Å². The van der Waals surface area contributed by atoms with E-state index in [0.717, 1.165) is 0 Å². The molecule has 0 saturated heterocycles. The van der Waals surface area contributed by atoms with Crippen molar-refractivity contribution in [2.45, 2.75) is 19.4 Å². The van der Waals surface area contributed by atoms with Gasteiger partial charge in [-0.1, -0.05) is 0 Å². The topological polar surface area (TPSA) is 59.0 Å². The Kier molecular flexibility index (Phi) is 6.47. The number of methoxy groups -OCH3 is 1. The van der Waals surface area contributed by atoms with Gasteiger partial charge < -0.3 is 14.6 Å². The number of hydrogen-bond acceptors (Lipinski definition) is 4. The van der Waals surface area contributed by atoms with Gasteiger partial charge in [-0.3, -0.25) is 9.69 Å². The number of carboxylic acids is 1. The molecule has 0 aliphatic heterocycles. The molecule has 0 rings (SSSR count). The smallest absolute Gasteiger partial charge is 0.323 e. The van der Waals surface area contributed by atoms with E-state index >= 15 is 0 Å². The fraction of sp³-hybridized carbons (Fsp3) is 0.900. The summed E-state index contributed by atoms with van der Waals surface area (Å²) in [5, 5.41) is 8.95. The molecule has 90 valence electrons. The minimum absolute atomic E-state index is 0.510. The Morgan fingerprint density at radius 2 is 1.93 bits per heavy atom. The van der Waals surface area contributed by atoms with Crippen LogP contribution in [-0.4, -0.2) is 62.0 Å². The Bertz CT molecular complexity index is 194. The highest BCUT2D eigenvalue weighted by atomic mass is 16.5. The maximum absolute atomic E-state index is 10.9. The highest BCUT2D eigenvalue weighted by Crippen LogP contribution is 2.11. The van der Waals surface area contributed by atoms with Crippen LogP contribution in [0.5, 0.6) is 0 Å². The maximum atomic E-state index is 10.9. The first-order valence-electron chi connectivity index (χ1n) is 4.94. The first-order chi connectivity index (χ1) is 6.92. The molecule has 5 heteroatoms. The summed E-state index contributed by atoms with van der Waals surface area (Å²) >= 11 is 0. The number of carboxylic acid groups (broad SMARTS) is 1. The Morgan fingerprint density at radius 3 is 2.40 bits per heavy atom. The molecular formula is C10H21NO4. The Balaban J connectivity index is 3.73. The van der Waals surface area contributed by atoms with Crippen molar-refractivity contribution in [1.82, 2.24) is 4.90 Å². The predicted molar refractivity (Wildman–Crippen MR) is 57.0 cm³/mol. The molecule has 0 aromatic rings. The van der Waals surface area contributed by atoms with E-state index < -0.39 is 11.5 Å². The van der Waals surface area contributed by atoms with Crippen LogP contribution in [0.25, 0.3) is 0 Å². The van der Waals surface area contributed by atoms with Crippen molar-refractivity contribution in [2.75, 3.05) is 40.5 Å². The summed E-state index contributed by atoms with van der Waals surface area (Å²) in [6, 6.07) is 0. The largest absolute Gasteiger partial charge is 0.480 e. The van der Waals surface area contributed by atoms with Crippen LogP contribution in [0.15, 0.2) is 0 Å². The molecule has 0 aromatic heterocycles. The van der Waals surface area contributed by atoms with Crippen LogP contribution < -0.4 is 0 Å². The zero-order valence-corrected chi connectivity index (χ0v) is 9.95. The van der Waals surface area contributed by atoms with Gasteiger partial charge in [0.1, 0.15) is 5.54 Å². The van der Waals surface area contributed by atoms with Gasteiger partial charge in [0.15, 0.2) is 0 Å². The Hall–Kier alpha value is -0.650. The van der Waals surface area contributed by atoms with Gasteiger partial charge in [-0.05, 0) is 20.9 Å². The second-order valence-electron chi connectivity index (χ2n) is 3.89. The second kappa shape index (κ2) is 6.76. The van der Waals surface area contributed by atoms with Crippen LogP contribution >= 0.6 is 0 Å². The number of rotatable bonds is 8. The van der Waals surface area contributed by atoms with Crippen molar-refractivity contribution < 1.29 is 19.4 Å². The molecule has 0 amide bonds. The quantitative estimate of drug-likeness (QED) is 0.600. The van der Waals surface area contributed by atoms with Gasteiger partial charge in [-0.25, -0.2) is 0 Å². The molecule has 5 nitrogen and oxygen atoms in total. The highest BCUT2D eigenvalue weighted by Gasteiger charge is 2.31. The van der Waals surface area contributed by atoms with Crippen molar-refractivity contribution in [3.8, 4) is 0 Å². The summed E-state index contributed by atoms with van der Waals surface area (Å²) in [7, 11) is 3.39. The first kappa shape index (κ1) is 14.3. The zero-order valence-electron chi connectivity index (χ0n) is 9.95. The van der Waals surface area contributed by atoms with Crippen molar-refractivity contribution in [2.24, 2.45) is 0 Å². The van der Waals surface area contributed by atoms with Crippen LogP contribution in [0.1, 0.15) is 13.8 Å². The molecule has 0 aromatic carbocycles. The maximum Gasteiger partial charge on any atom is 0.323 e. The zero-order chi connectivity index (χ0) is 11.9. The fourth-order valence-corrected chi connectivity index (χ4v) is 0.889. The summed E-state index contributed by atoms with van der Waals surface area (Å²) in [4.78, 5) is 12.6. The SMILES string of the molecule is COCCOCCN(C)C(C)(C)C(=O)O. The summed E-state index contributed by atoms with van der Waals surface area (Å²) in [5.41, 5.74) is -0.857. The molecule has 0 aliphatic rings. The summed E-state index contributed by atoms with van der Waals surface area (Å²) < 4.78 is 10.1. The highest BCUT2D eigenvalue weighted by molar-refractivity contribution is 5.77. The van der Waals surface area contributed by atoms with E-state index in [4.69, 9.17) is 14.6 Å². The van der Waals surface area contributed by atoms with E-state index in [-0.39, 0.29) is 0 Å². The molecule has 0 heterocycles. The third-order valence-corrected chi connectivity index (χ3v) is 2.48. The van der Waals surface area contributed by atoms with Gasteiger partial charge >= 0.3 is 5.97 Å². The summed E-state index contributed by atoms with van der Waals surface area (Å²) in [6.45, 7) is 5.54. The van der Waals surface area contributed by atoms with Gasteiger partial charge in [-0.15, -0.1) is 0 Å². The molecule has 0 unspecified atom stereocenters. The van der Waals surface area contributed by atoms with E-state index in [1.54, 1.807) is 32.9 Å². The molecule has 0 aliphatic carbocycles. The molecular weight excluding hydrogens is 198 g/mol. The van der Waals surface area contributed by atoms with Crippen LogP contribution in [-0.2, 0) is 14.3 Å². The molecule has 0 bridgehead atoms. The average Bonchev–Trinajstić information content (AvgIpc) is 2.16. The van der Waals surface area contributed by atoms with E-state index in [9.17, 15) is 4.79 Å². The average molecular weight is 219 g/mol. The summed E-state index contributed by atoms with van der Waals surface area (Å²) in [5.74, 6) is -0.832. The van der Waals surface area contributed by atoms with Gasteiger partial charge in [0.25, 0.3) is 0 Å². The predicted octanol–water partition coefficient (Wildman–Crippen LogP) is 0.444. The number of ether oxygens (including phenoxy) is 2. The molecule has 0 fully saturated rings. The van der Waals surface area contributed by atoms with E-state index in [1.807, 2.05) is 0 Å². The van der Waals surface area contributed by atoms with Crippen LogP contribution in [0.3, 0.4) is 0 Å². The molecule has 0 saturated carbocycles. The fourth-order valence-electron chi connectivity index (χ4n) is 0.889. The minimum Gasteiger partial charge on any atom is -0.480 e. The molecule has 0 atom stereocenters. The normalized spacial score (nSPS) is 12.1. The van der Waals surface area contributed by atoms with Crippen LogP contribution in [0.2, 0.25) is 0 Å². The van der Waals surface area contributed by atoms with Crippen molar-refractivity contribution in [3.05, 3.63) is 0 Å². The molecule has 0 radical (unpaired) electrons. The lowest BCUT2D eigenvalue weighted by Crippen LogP contribution is -2.49. The van der Waals surface area contributed by atoms with Gasteiger partial charge in [0.2, 0.25) is 0 Å².